The van der Waals surface area contributed by atoms with E-state index in [1.165, 1.54) is 10.9 Å². The second-order valence-electron chi connectivity index (χ2n) is 12.3. The van der Waals surface area contributed by atoms with Crippen molar-refractivity contribution in [2.24, 2.45) is 0 Å². The lowest BCUT2D eigenvalue weighted by Crippen LogP contribution is -2.41. The Hall–Kier alpha value is -5.67. The van der Waals surface area contributed by atoms with Gasteiger partial charge in [0.25, 0.3) is 0 Å². The van der Waals surface area contributed by atoms with Crippen LogP contribution in [0.4, 0.5) is 10.7 Å². The van der Waals surface area contributed by atoms with E-state index in [2.05, 4.69) is 36.2 Å². The van der Waals surface area contributed by atoms with Crippen LogP contribution >= 0.6 is 15.9 Å². The van der Waals surface area contributed by atoms with Crippen LogP contribution in [-0.2, 0) is 23.7 Å². The van der Waals surface area contributed by atoms with Crippen molar-refractivity contribution >= 4 is 57.0 Å². The predicted molar refractivity (Wildman–Crippen MR) is 185 cm³/mol. The number of nitrogens with one attached hydrogen (secondary N) is 1. The Bertz CT molecular complexity index is 2040. The third kappa shape index (κ3) is 8.38. The van der Waals surface area contributed by atoms with Crippen molar-refractivity contribution in [3.63, 3.8) is 0 Å². The highest BCUT2D eigenvalue weighted by Crippen LogP contribution is 2.37. The molecule has 14 nitrogen and oxygen atoms in total. The van der Waals surface area contributed by atoms with Gasteiger partial charge < -0.3 is 23.7 Å². The van der Waals surface area contributed by atoms with Crippen LogP contribution in [-0.4, -0.2) is 74.0 Å². The summed E-state index contributed by atoms with van der Waals surface area (Å²) >= 11 is 3.38. The Kier molecular flexibility index (Phi) is 10.4. The minimum Gasteiger partial charge on any atom is -0.459 e. The molecule has 5 aromatic rings. The molecule has 4 unspecified atom stereocenters. The molecule has 4 atom stereocenters. The monoisotopic (exact) mass is 757 g/mol. The number of amides is 1. The van der Waals surface area contributed by atoms with E-state index in [0.29, 0.717) is 5.56 Å². The van der Waals surface area contributed by atoms with Crippen LogP contribution in [0.1, 0.15) is 58.1 Å². The summed E-state index contributed by atoms with van der Waals surface area (Å²) in [6.07, 6.45) is -4.39. The summed E-state index contributed by atoms with van der Waals surface area (Å²) in [5, 5.41) is 2.51. The van der Waals surface area contributed by atoms with Crippen LogP contribution in [0.2, 0.25) is 0 Å². The third-order valence-electron chi connectivity index (χ3n) is 7.44. The fraction of sp³-hybridized carbons (Fsp3) is 0.250. The van der Waals surface area contributed by atoms with Crippen molar-refractivity contribution in [1.82, 2.24) is 19.5 Å². The maximum absolute atomic E-state index is 13.6. The average molecular weight is 759 g/mol. The highest BCUT2D eigenvalue weighted by molar-refractivity contribution is 9.10. The number of anilines is 1. The van der Waals surface area contributed by atoms with Gasteiger partial charge in [0, 0.05) is 0 Å². The van der Waals surface area contributed by atoms with Crippen molar-refractivity contribution in [2.45, 2.75) is 50.9 Å². The van der Waals surface area contributed by atoms with Crippen molar-refractivity contribution < 1.29 is 42.9 Å². The lowest BCUT2D eigenvalue weighted by atomic mass is 10.1. The molecule has 1 fully saturated rings. The van der Waals surface area contributed by atoms with Crippen molar-refractivity contribution in [3.05, 3.63) is 119 Å². The normalized spacial score (nSPS) is 18.5. The first-order chi connectivity index (χ1) is 24.5. The molecule has 262 valence electrons. The molecule has 1 saturated heterocycles. The van der Waals surface area contributed by atoms with Crippen molar-refractivity contribution in [2.75, 3.05) is 11.9 Å². The molecule has 0 radical (unpaired) electrons. The minimum absolute atomic E-state index is 0.124. The number of aromatic nitrogens is 4. The number of carbonyl (C=O) groups is 4. The molecule has 3 heterocycles. The van der Waals surface area contributed by atoms with Gasteiger partial charge in [-0.2, -0.15) is 4.98 Å². The Balaban J connectivity index is 1.39. The van der Waals surface area contributed by atoms with Crippen LogP contribution < -0.4 is 5.32 Å². The summed E-state index contributed by atoms with van der Waals surface area (Å²) in [6.45, 7) is 4.76. The Morgan fingerprint density at radius 2 is 1.31 bits per heavy atom. The molecule has 1 N–H and O–H groups in total. The molecule has 1 aliphatic rings. The first-order valence-corrected chi connectivity index (χ1v) is 16.6. The van der Waals surface area contributed by atoms with E-state index in [9.17, 15) is 19.2 Å². The molecule has 1 amide bonds. The van der Waals surface area contributed by atoms with Gasteiger partial charge in [-0.1, -0.05) is 54.6 Å². The van der Waals surface area contributed by atoms with Gasteiger partial charge in [0.1, 0.15) is 28.4 Å². The molecule has 0 spiro atoms. The van der Waals surface area contributed by atoms with E-state index >= 15 is 0 Å². The molecule has 51 heavy (non-hydrogen) atoms. The third-order valence-corrected chi connectivity index (χ3v) is 8.00. The standard InChI is InChI=1S/C36H32BrN5O9/c1-36(2,3)51-35(46)41-34-39-28(37)25-29(40-34)42(20-38-25)30-27(50-33(45)23-17-11-6-12-18-23)26(49-32(44)22-15-9-5-10-16-22)24(48-30)19-47-31(43)21-13-7-4-8-14-21/h4-18,20,24,26-27,30H,19H2,1-3H3,(H,39,40,41,46). The van der Waals surface area contributed by atoms with E-state index in [1.54, 1.807) is 112 Å². The molecule has 15 heteroatoms. The minimum atomic E-state index is -1.32. The average Bonchev–Trinajstić information content (AvgIpc) is 3.68. The fourth-order valence-corrected chi connectivity index (χ4v) is 5.65. The van der Waals surface area contributed by atoms with Gasteiger partial charge in [-0.05, 0) is 73.1 Å². The number of rotatable bonds is 9. The SMILES string of the molecule is CC(C)(C)OC(=O)Nc1nc(Br)c2ncn(C3OC(COC(=O)c4ccccc4)C(OC(=O)c4ccccc4)C3OC(=O)c3ccccc3)c2n1. The zero-order chi connectivity index (χ0) is 36.1. The van der Waals surface area contributed by atoms with Crippen LogP contribution in [0.3, 0.4) is 0 Å². The molecule has 0 bridgehead atoms. The molecule has 2 aromatic heterocycles. The number of benzene rings is 3. The van der Waals surface area contributed by atoms with Gasteiger partial charge in [0.2, 0.25) is 5.95 Å². The maximum Gasteiger partial charge on any atom is 0.414 e. The molecule has 0 aliphatic carbocycles. The summed E-state index contributed by atoms with van der Waals surface area (Å²) in [5.41, 5.74) is 0.405. The summed E-state index contributed by atoms with van der Waals surface area (Å²) < 4.78 is 31.1. The number of hydrogen-bond donors (Lipinski definition) is 1. The van der Waals surface area contributed by atoms with Crippen LogP contribution in [0, 0.1) is 0 Å². The van der Waals surface area contributed by atoms with E-state index in [4.69, 9.17) is 23.7 Å². The Labute approximate surface area is 300 Å². The predicted octanol–water partition coefficient (Wildman–Crippen LogP) is 6.14. The van der Waals surface area contributed by atoms with E-state index in [1.807, 2.05) is 0 Å². The Morgan fingerprint density at radius 1 is 0.784 bits per heavy atom. The smallest absolute Gasteiger partial charge is 0.414 e. The summed E-state index contributed by atoms with van der Waals surface area (Å²) in [5.74, 6) is -2.23. The van der Waals surface area contributed by atoms with Gasteiger partial charge in [-0.3, -0.25) is 9.88 Å². The summed E-state index contributed by atoms with van der Waals surface area (Å²) in [7, 11) is 0. The van der Waals surface area contributed by atoms with Crippen LogP contribution in [0.25, 0.3) is 11.2 Å². The van der Waals surface area contributed by atoms with Gasteiger partial charge in [0.05, 0.1) is 23.0 Å². The highest BCUT2D eigenvalue weighted by atomic mass is 79.9. The van der Waals surface area contributed by atoms with Gasteiger partial charge in [-0.25, -0.2) is 29.1 Å². The van der Waals surface area contributed by atoms with Crippen molar-refractivity contribution in [1.29, 1.82) is 0 Å². The van der Waals surface area contributed by atoms with Gasteiger partial charge >= 0.3 is 24.0 Å². The number of ether oxygens (including phenoxy) is 5. The zero-order valence-corrected chi connectivity index (χ0v) is 29.2. The topological polar surface area (TPSA) is 170 Å². The zero-order valence-electron chi connectivity index (χ0n) is 27.6. The number of carbonyl (C=O) groups excluding carboxylic acids is 4. The lowest BCUT2D eigenvalue weighted by molar-refractivity contribution is -0.0606. The van der Waals surface area contributed by atoms with Gasteiger partial charge in [-0.15, -0.1) is 0 Å². The second kappa shape index (κ2) is 15.1. The molecular weight excluding hydrogens is 726 g/mol. The number of imidazole rings is 1. The van der Waals surface area contributed by atoms with Crippen LogP contribution in [0.5, 0.6) is 0 Å². The summed E-state index contributed by atoms with van der Waals surface area (Å²) in [4.78, 5) is 65.8. The van der Waals surface area contributed by atoms with E-state index in [0.717, 1.165) is 0 Å². The number of nitrogens with zero attached hydrogens (tertiary/aromatic N) is 4. The largest absolute Gasteiger partial charge is 0.459 e. The lowest BCUT2D eigenvalue weighted by Gasteiger charge is -2.25. The first kappa shape index (κ1) is 35.2. The van der Waals surface area contributed by atoms with E-state index < -0.39 is 54.1 Å². The van der Waals surface area contributed by atoms with Crippen LogP contribution in [0.15, 0.2) is 102 Å². The summed E-state index contributed by atoms with van der Waals surface area (Å²) in [6, 6.07) is 24.8. The fourth-order valence-electron chi connectivity index (χ4n) is 5.20. The number of fused-ring (bicyclic) bond motifs is 1. The van der Waals surface area contributed by atoms with E-state index in [-0.39, 0.29) is 39.4 Å². The van der Waals surface area contributed by atoms with Gasteiger partial charge in [0.15, 0.2) is 24.1 Å². The van der Waals surface area contributed by atoms with Crippen molar-refractivity contribution in [3.8, 4) is 0 Å². The quantitative estimate of drug-likeness (QED) is 0.104. The molecular formula is C36H32BrN5O9. The number of esters is 3. The Morgan fingerprint density at radius 3 is 1.86 bits per heavy atom. The molecule has 6 rings (SSSR count). The first-order valence-electron chi connectivity index (χ1n) is 15.8. The number of hydrogen-bond acceptors (Lipinski definition) is 12. The molecule has 1 aliphatic heterocycles. The molecule has 0 saturated carbocycles. The molecule has 3 aromatic carbocycles. The second-order valence-corrected chi connectivity index (χ2v) is 13.0. The number of halogens is 1. The highest BCUT2D eigenvalue weighted by Gasteiger charge is 2.52. The maximum atomic E-state index is 13.6.